The molecule has 0 saturated carbocycles. The maximum atomic E-state index is 12.5. The van der Waals surface area contributed by atoms with Crippen LogP contribution >= 0.6 is 46.4 Å². The number of esters is 2. The number of H-pyrrole nitrogens is 3. The number of nitrogens with zero attached hydrogens (tertiary/aromatic N) is 8. The second-order valence-corrected chi connectivity index (χ2v) is 23.1. The molecule has 3 fully saturated rings. The second kappa shape index (κ2) is 27.6. The molecule has 0 atom stereocenters. The number of hydrogen-bond acceptors (Lipinski definition) is 16. The first-order chi connectivity index (χ1) is 40.0. The van der Waals surface area contributed by atoms with Crippen LogP contribution in [0.4, 0.5) is 11.4 Å². The lowest BCUT2D eigenvalue weighted by Gasteiger charge is -2.41. The van der Waals surface area contributed by atoms with E-state index in [-0.39, 0.29) is 28.1 Å². The van der Waals surface area contributed by atoms with Crippen LogP contribution in [-0.4, -0.2) is 127 Å². The fourth-order valence-electron chi connectivity index (χ4n) is 10.8. The second-order valence-electron chi connectivity index (χ2n) is 21.4. The van der Waals surface area contributed by atoms with Crippen molar-refractivity contribution in [1.29, 1.82) is 0 Å². The maximum Gasteiger partial charge on any atom is 0.341 e. The summed E-state index contributed by atoms with van der Waals surface area (Å²) in [5, 5.41) is 28.9. The summed E-state index contributed by atoms with van der Waals surface area (Å²) in [6.45, 7) is 9.56. The van der Waals surface area contributed by atoms with Crippen LogP contribution in [-0.2, 0) is 28.7 Å². The summed E-state index contributed by atoms with van der Waals surface area (Å²) in [4.78, 5) is 41.2. The Morgan fingerprint density at radius 2 is 0.904 bits per heavy atom. The topological polar surface area (TPSA) is 274 Å². The zero-order valence-electron chi connectivity index (χ0n) is 46.4. The van der Waals surface area contributed by atoms with Crippen LogP contribution in [0.15, 0.2) is 116 Å². The number of piperidine rings is 3. The molecular weight excluding hydrogens is 1140 g/mol. The highest BCUT2D eigenvalue weighted by molar-refractivity contribution is 6.38. The Morgan fingerprint density at radius 1 is 0.506 bits per heavy atom. The smallest absolute Gasteiger partial charge is 0.341 e. The molecule has 0 unspecified atom stereocenters. The van der Waals surface area contributed by atoms with Crippen molar-refractivity contribution in [2.45, 2.75) is 88.3 Å². The van der Waals surface area contributed by atoms with Gasteiger partial charge in [0.15, 0.2) is 16.9 Å². The normalized spacial score (nSPS) is 16.2. The summed E-state index contributed by atoms with van der Waals surface area (Å²) in [7, 11) is 0. The number of hydrogen-bond donors (Lipinski definition) is 7. The van der Waals surface area contributed by atoms with Gasteiger partial charge in [0.25, 0.3) is 0 Å². The summed E-state index contributed by atoms with van der Waals surface area (Å²) in [6.07, 6.45) is 18.1. The van der Waals surface area contributed by atoms with Crippen molar-refractivity contribution in [3.63, 3.8) is 0 Å². The number of nitrogens with one attached hydrogen (secondary N) is 4. The zero-order valence-corrected chi connectivity index (χ0v) is 49.5. The molecule has 3 aliphatic heterocycles. The molecule has 10 N–H and O–H groups in total. The average Bonchev–Trinajstić information content (AvgIpc) is 4.49. The predicted molar refractivity (Wildman–Crippen MR) is 330 cm³/mol. The zero-order chi connectivity index (χ0) is 58.6. The number of carbonyl (C=O) groups is 2. The molecule has 0 radical (unpaired) electrons. The number of ether oxygens (including phenoxy) is 2. The summed E-state index contributed by atoms with van der Waals surface area (Å²) < 4.78 is 10.1. The van der Waals surface area contributed by atoms with Gasteiger partial charge in [0, 0.05) is 76.5 Å². The molecule has 6 aromatic heterocycles. The number of aromatic nitrogens is 9. The van der Waals surface area contributed by atoms with E-state index in [9.17, 15) is 9.59 Å². The number of halogens is 4. The minimum atomic E-state index is -0.474. The van der Waals surface area contributed by atoms with Gasteiger partial charge in [-0.15, -0.1) is 0 Å². The summed E-state index contributed by atoms with van der Waals surface area (Å²) in [6, 6.07) is 25.9. The van der Waals surface area contributed by atoms with Crippen LogP contribution < -0.4 is 32.3 Å². The van der Waals surface area contributed by atoms with Gasteiger partial charge in [-0.2, -0.15) is 15.3 Å². The van der Waals surface area contributed by atoms with E-state index < -0.39 is 5.97 Å². The van der Waals surface area contributed by atoms with Gasteiger partial charge in [0.2, 0.25) is 0 Å². The van der Waals surface area contributed by atoms with E-state index in [2.05, 4.69) is 91.0 Å². The summed E-state index contributed by atoms with van der Waals surface area (Å²) >= 11 is 23.8. The Balaban J connectivity index is 0.000000138. The number of nitrogens with two attached hydrogens (primary N) is 3. The largest absolute Gasteiger partial charge is 0.462 e. The van der Waals surface area contributed by atoms with E-state index in [0.717, 1.165) is 134 Å². The molecule has 9 aromatic rings. The van der Waals surface area contributed by atoms with E-state index in [1.54, 1.807) is 26.2 Å². The fourth-order valence-corrected chi connectivity index (χ4v) is 11.4. The summed E-state index contributed by atoms with van der Waals surface area (Å²) in [5.41, 5.74) is 27.7. The first-order valence-electron chi connectivity index (χ1n) is 27.8. The molecule has 23 heteroatoms. The number of aromatic amines is 3. The highest BCUT2D eigenvalue weighted by Gasteiger charge is 2.35. The van der Waals surface area contributed by atoms with E-state index in [1.807, 2.05) is 60.9 Å². The molecule has 0 aliphatic carbocycles. The highest BCUT2D eigenvalue weighted by Crippen LogP contribution is 2.35. The average molecular weight is 1210 g/mol. The molecule has 12 rings (SSSR count). The van der Waals surface area contributed by atoms with Gasteiger partial charge >= 0.3 is 11.9 Å². The molecule has 83 heavy (non-hydrogen) atoms. The van der Waals surface area contributed by atoms with Crippen molar-refractivity contribution in [1.82, 2.24) is 50.9 Å². The van der Waals surface area contributed by atoms with Crippen LogP contribution in [0.25, 0.3) is 33.1 Å². The first kappa shape index (κ1) is 60.6. The summed E-state index contributed by atoms with van der Waals surface area (Å²) in [5.74, 6) is -0.845. The SMILES string of the molecule is CCOC(=O)c1cnc2[nH]ncc2c1Cl.CCOC(=O)c1cnc2[nH]ncc2c1N1CCC(N)(Cc2ccc(Cl)cc2)CC1.NC1(Cc2ccc(Cl)cc2)CCN(c2ccnc3[nH]ncc23)CC1.NC1(Cc2ccc(Cl)cc2)CCNCC1. The lowest BCUT2D eigenvalue weighted by molar-refractivity contribution is 0.0517. The Morgan fingerprint density at radius 3 is 1.39 bits per heavy atom. The van der Waals surface area contributed by atoms with Crippen molar-refractivity contribution in [2.75, 3.05) is 62.3 Å². The third-order valence-corrected chi connectivity index (χ3v) is 16.5. The van der Waals surface area contributed by atoms with E-state index >= 15 is 0 Å². The van der Waals surface area contributed by atoms with Gasteiger partial charge in [0.05, 0.1) is 69.9 Å². The first-order valence-corrected chi connectivity index (χ1v) is 29.3. The third kappa shape index (κ3) is 15.6. The molecular formula is C60H69Cl4N15O4. The Kier molecular flexibility index (Phi) is 20.2. The highest BCUT2D eigenvalue weighted by atomic mass is 35.5. The molecule has 436 valence electrons. The Labute approximate surface area is 501 Å². The Hall–Kier alpha value is -6.94. The number of carbonyl (C=O) groups excluding carboxylic acids is 2. The van der Waals surface area contributed by atoms with Gasteiger partial charge in [-0.25, -0.2) is 24.5 Å². The monoisotopic (exact) mass is 1200 g/mol. The lowest BCUT2D eigenvalue weighted by atomic mass is 9.82. The predicted octanol–water partition coefficient (Wildman–Crippen LogP) is 10.2. The molecule has 0 spiro atoms. The molecule has 0 bridgehead atoms. The number of fused-ring (bicyclic) bond motifs is 3. The van der Waals surface area contributed by atoms with Gasteiger partial charge in [-0.05, 0) is 144 Å². The van der Waals surface area contributed by atoms with Crippen LogP contribution in [0, 0.1) is 0 Å². The minimum absolute atomic E-state index is 0.0287. The van der Waals surface area contributed by atoms with E-state index in [1.165, 1.54) is 34.8 Å². The van der Waals surface area contributed by atoms with E-state index in [4.69, 9.17) is 73.1 Å². The van der Waals surface area contributed by atoms with E-state index in [0.29, 0.717) is 40.5 Å². The molecule has 3 aliphatic rings. The van der Waals surface area contributed by atoms with Crippen molar-refractivity contribution < 1.29 is 19.1 Å². The van der Waals surface area contributed by atoms with Crippen molar-refractivity contribution in [2.24, 2.45) is 17.2 Å². The van der Waals surface area contributed by atoms with Crippen molar-refractivity contribution in [3.05, 3.63) is 164 Å². The molecule has 19 nitrogen and oxygen atoms in total. The quantitative estimate of drug-likeness (QED) is 0.0560. The minimum Gasteiger partial charge on any atom is -0.462 e. The van der Waals surface area contributed by atoms with Gasteiger partial charge < -0.3 is 41.8 Å². The number of rotatable bonds is 12. The molecule has 9 heterocycles. The van der Waals surface area contributed by atoms with Crippen LogP contribution in [0.2, 0.25) is 20.1 Å². The van der Waals surface area contributed by atoms with Crippen LogP contribution in [0.3, 0.4) is 0 Å². The number of anilines is 2. The van der Waals surface area contributed by atoms with Crippen LogP contribution in [0.5, 0.6) is 0 Å². The number of pyridine rings is 3. The lowest BCUT2D eigenvalue weighted by Crippen LogP contribution is -2.52. The molecule has 3 saturated heterocycles. The number of benzene rings is 3. The maximum absolute atomic E-state index is 12.5. The Bertz CT molecular complexity index is 3580. The van der Waals surface area contributed by atoms with Crippen LogP contribution in [0.1, 0.15) is 89.8 Å². The molecule has 0 amide bonds. The van der Waals surface area contributed by atoms with Gasteiger partial charge in [0.1, 0.15) is 5.56 Å². The van der Waals surface area contributed by atoms with Crippen molar-refractivity contribution >= 4 is 103 Å². The standard InChI is InChI=1S/C21H24ClN5O2.C18H20ClN5.C12H17ClN2.C9H8ClN3O2/c1-2-29-20(28)17-12-24-19-16(13-25-26-19)18(17)27-9-7-21(23,8-10-27)11-14-3-5-15(22)6-4-14;19-14-3-1-13(2-4-14)11-18(20)6-9-24(10-7-18)16-5-8-21-17-15(16)12-22-23-17;13-11-3-1-10(2-4-11)9-12(14)5-7-15-8-6-12;1-2-15-9(14)6-3-11-8-5(7(6)10)4-12-13-8/h3-6,12-13H,2,7-11,23H2,1H3,(H,24,25,26);1-5,8,12H,6-7,9-11,20H2,(H,21,22,23);1-4,15H,5-9,14H2;3-4H,2H2,1H3,(H,11,12,13). The third-order valence-electron chi connectivity index (χ3n) is 15.4. The molecule has 3 aromatic carbocycles. The fraction of sp³-hybridized carbons (Fsp3) is 0.367. The van der Waals surface area contributed by atoms with Gasteiger partial charge in [-0.1, -0.05) is 82.8 Å². The van der Waals surface area contributed by atoms with Crippen molar-refractivity contribution in [3.8, 4) is 0 Å². The van der Waals surface area contributed by atoms with Gasteiger partial charge in [-0.3, -0.25) is 15.3 Å².